The first-order valence-electron chi connectivity index (χ1n) is 5.12. The third-order valence-electron chi connectivity index (χ3n) is 1.94. The van der Waals surface area contributed by atoms with E-state index >= 15 is 0 Å². The highest BCUT2D eigenvalue weighted by Crippen LogP contribution is 2.20. The summed E-state index contributed by atoms with van der Waals surface area (Å²) in [5.41, 5.74) is 0. The Labute approximate surface area is 75.9 Å². The second-order valence-electron chi connectivity index (χ2n) is 3.00. The van der Waals surface area contributed by atoms with Crippen LogP contribution in [-0.4, -0.2) is 17.5 Å². The van der Waals surface area contributed by atoms with E-state index in [1.807, 2.05) is 13.8 Å². The summed E-state index contributed by atoms with van der Waals surface area (Å²) in [5, 5.41) is 8.88. The van der Waals surface area contributed by atoms with E-state index in [0.717, 1.165) is 12.8 Å². The minimum atomic E-state index is -0.580. The quantitative estimate of drug-likeness (QED) is 0.652. The second kappa shape index (κ2) is 7.56. The maximum absolute atomic E-state index is 8.88. The molecule has 1 rings (SSSR count). The fourth-order valence-corrected chi connectivity index (χ4v) is 1.48. The number of hydrogen-bond donors (Lipinski definition) is 1. The van der Waals surface area contributed by atoms with Crippen LogP contribution >= 0.6 is 0 Å². The number of ether oxygens (including phenoxy) is 1. The van der Waals surface area contributed by atoms with Crippen LogP contribution in [0.15, 0.2) is 0 Å². The van der Waals surface area contributed by atoms with E-state index in [9.17, 15) is 0 Å². The Balaban J connectivity index is 0.000000561. The fourth-order valence-electron chi connectivity index (χ4n) is 1.48. The zero-order valence-corrected chi connectivity index (χ0v) is 8.55. The molecule has 0 radical (unpaired) electrons. The monoisotopic (exact) mass is 174 g/mol. The molecule has 74 valence electrons. The van der Waals surface area contributed by atoms with Crippen molar-refractivity contribution in [2.75, 3.05) is 0 Å². The van der Waals surface area contributed by atoms with Gasteiger partial charge in [0.05, 0.1) is 6.10 Å². The zero-order chi connectivity index (χ0) is 9.40. The molecule has 1 aliphatic rings. The first-order chi connectivity index (χ1) is 5.79. The molecule has 1 unspecified atom stereocenters. The van der Waals surface area contributed by atoms with E-state index in [1.165, 1.54) is 19.3 Å². The molecule has 0 saturated heterocycles. The fraction of sp³-hybridized carbons (Fsp3) is 1.00. The predicted molar refractivity (Wildman–Crippen MR) is 51.0 cm³/mol. The van der Waals surface area contributed by atoms with Crippen LogP contribution in [0.1, 0.15) is 52.9 Å². The van der Waals surface area contributed by atoms with Crippen LogP contribution in [0.3, 0.4) is 0 Å². The van der Waals surface area contributed by atoms with Crippen molar-refractivity contribution in [2.24, 2.45) is 0 Å². The first kappa shape index (κ1) is 11.9. The summed E-state index contributed by atoms with van der Waals surface area (Å²) in [4.78, 5) is 0. The molecule has 2 nitrogen and oxygen atoms in total. The van der Waals surface area contributed by atoms with Crippen LogP contribution in [0.2, 0.25) is 0 Å². The van der Waals surface area contributed by atoms with Crippen molar-refractivity contribution in [1.82, 2.24) is 0 Å². The Morgan fingerprint density at radius 1 is 1.17 bits per heavy atom. The van der Waals surface area contributed by atoms with Gasteiger partial charge in [0.25, 0.3) is 0 Å². The Bertz CT molecular complexity index is 85.8. The molecule has 1 atom stereocenters. The summed E-state index contributed by atoms with van der Waals surface area (Å²) < 4.78 is 5.25. The Hall–Kier alpha value is -0.0800. The molecular weight excluding hydrogens is 152 g/mol. The molecule has 0 aliphatic heterocycles. The molecule has 0 aromatic rings. The molecule has 0 bridgehead atoms. The summed E-state index contributed by atoms with van der Waals surface area (Å²) in [6.45, 7) is 5.68. The van der Waals surface area contributed by atoms with Crippen LogP contribution in [0, 0.1) is 0 Å². The van der Waals surface area contributed by atoms with E-state index in [0.29, 0.717) is 6.10 Å². The van der Waals surface area contributed by atoms with E-state index in [2.05, 4.69) is 0 Å². The number of rotatable bonds is 2. The van der Waals surface area contributed by atoms with Crippen molar-refractivity contribution < 1.29 is 9.84 Å². The van der Waals surface area contributed by atoms with Crippen LogP contribution in [0.4, 0.5) is 0 Å². The smallest absolute Gasteiger partial charge is 0.152 e. The predicted octanol–water partition coefficient (Wildman–Crippen LogP) is 2.70. The van der Waals surface area contributed by atoms with Gasteiger partial charge < -0.3 is 9.84 Å². The van der Waals surface area contributed by atoms with Crippen LogP contribution in [0.5, 0.6) is 0 Å². The van der Waals surface area contributed by atoms with Gasteiger partial charge in [-0.25, -0.2) is 0 Å². The number of hydrogen-bond acceptors (Lipinski definition) is 2. The van der Waals surface area contributed by atoms with Crippen molar-refractivity contribution in [3.63, 3.8) is 0 Å². The lowest BCUT2D eigenvalue weighted by atomic mass is 9.98. The minimum Gasteiger partial charge on any atom is -0.368 e. The van der Waals surface area contributed by atoms with Gasteiger partial charge in [-0.1, -0.05) is 33.1 Å². The van der Waals surface area contributed by atoms with Crippen molar-refractivity contribution in [2.45, 2.75) is 65.3 Å². The lowest BCUT2D eigenvalue weighted by Gasteiger charge is -2.23. The lowest BCUT2D eigenvalue weighted by Crippen LogP contribution is -2.21. The summed E-state index contributed by atoms with van der Waals surface area (Å²) in [7, 11) is 0. The SMILES string of the molecule is CC.CC(O)OC1CCCCC1. The Kier molecular flexibility index (Phi) is 7.51. The summed E-state index contributed by atoms with van der Waals surface area (Å²) in [6.07, 6.45) is 5.86. The molecule has 0 spiro atoms. The maximum Gasteiger partial charge on any atom is 0.152 e. The van der Waals surface area contributed by atoms with Crippen LogP contribution in [-0.2, 0) is 4.74 Å². The molecule has 1 fully saturated rings. The molecule has 1 aliphatic carbocycles. The average Bonchev–Trinajstić information content (AvgIpc) is 2.08. The highest BCUT2D eigenvalue weighted by atomic mass is 16.6. The molecule has 2 heteroatoms. The van der Waals surface area contributed by atoms with Crippen LogP contribution < -0.4 is 0 Å². The molecule has 0 aromatic carbocycles. The topological polar surface area (TPSA) is 29.5 Å². The Morgan fingerprint density at radius 3 is 2.08 bits per heavy atom. The summed E-state index contributed by atoms with van der Waals surface area (Å²) in [6, 6.07) is 0. The van der Waals surface area contributed by atoms with Crippen molar-refractivity contribution in [3.8, 4) is 0 Å². The second-order valence-corrected chi connectivity index (χ2v) is 3.00. The van der Waals surface area contributed by atoms with E-state index in [1.54, 1.807) is 6.92 Å². The van der Waals surface area contributed by atoms with E-state index in [4.69, 9.17) is 9.84 Å². The molecule has 12 heavy (non-hydrogen) atoms. The summed E-state index contributed by atoms with van der Waals surface area (Å²) in [5.74, 6) is 0. The van der Waals surface area contributed by atoms with Crippen molar-refractivity contribution in [1.29, 1.82) is 0 Å². The largest absolute Gasteiger partial charge is 0.368 e. The Morgan fingerprint density at radius 2 is 1.67 bits per heavy atom. The highest BCUT2D eigenvalue weighted by Gasteiger charge is 2.14. The standard InChI is InChI=1S/C8H16O2.C2H6/c1-7(9)10-8-5-3-2-4-6-8;1-2/h7-9H,2-6H2,1H3;1-2H3. The van der Waals surface area contributed by atoms with Gasteiger partial charge in [0.15, 0.2) is 6.29 Å². The normalized spacial score (nSPS) is 21.0. The van der Waals surface area contributed by atoms with Crippen LogP contribution in [0.25, 0.3) is 0 Å². The lowest BCUT2D eigenvalue weighted by molar-refractivity contribution is -0.131. The van der Waals surface area contributed by atoms with Crippen molar-refractivity contribution in [3.05, 3.63) is 0 Å². The van der Waals surface area contributed by atoms with Gasteiger partial charge in [0.1, 0.15) is 0 Å². The number of aliphatic hydroxyl groups is 1. The molecular formula is C10H22O2. The van der Waals surface area contributed by atoms with Gasteiger partial charge in [0.2, 0.25) is 0 Å². The van der Waals surface area contributed by atoms with Crippen molar-refractivity contribution >= 4 is 0 Å². The molecule has 1 saturated carbocycles. The van der Waals surface area contributed by atoms with Gasteiger partial charge in [-0.05, 0) is 19.8 Å². The van der Waals surface area contributed by atoms with Gasteiger partial charge in [-0.2, -0.15) is 0 Å². The zero-order valence-electron chi connectivity index (χ0n) is 8.55. The average molecular weight is 174 g/mol. The third kappa shape index (κ3) is 5.56. The summed E-state index contributed by atoms with van der Waals surface area (Å²) >= 11 is 0. The molecule has 1 N–H and O–H groups in total. The van der Waals surface area contributed by atoms with Gasteiger partial charge in [0, 0.05) is 0 Å². The van der Waals surface area contributed by atoms with E-state index in [-0.39, 0.29) is 0 Å². The molecule has 0 amide bonds. The number of aliphatic hydroxyl groups excluding tert-OH is 1. The minimum absolute atomic E-state index is 0.328. The van der Waals surface area contributed by atoms with Gasteiger partial charge in [-0.3, -0.25) is 0 Å². The molecule has 0 heterocycles. The maximum atomic E-state index is 8.88. The van der Waals surface area contributed by atoms with Gasteiger partial charge in [-0.15, -0.1) is 0 Å². The van der Waals surface area contributed by atoms with Gasteiger partial charge >= 0.3 is 0 Å². The van der Waals surface area contributed by atoms with E-state index < -0.39 is 6.29 Å². The molecule has 0 aromatic heterocycles. The highest BCUT2D eigenvalue weighted by molar-refractivity contribution is 4.64. The third-order valence-corrected chi connectivity index (χ3v) is 1.94. The first-order valence-corrected chi connectivity index (χ1v) is 5.12.